The van der Waals surface area contributed by atoms with Gasteiger partial charge < -0.3 is 9.80 Å². The van der Waals surface area contributed by atoms with E-state index >= 15 is 8.78 Å². The molecule has 12 aromatic rings. The van der Waals surface area contributed by atoms with E-state index in [1.807, 2.05) is 26.0 Å². The summed E-state index contributed by atoms with van der Waals surface area (Å²) in [5, 5.41) is 6.14. The molecule has 0 aliphatic carbocycles. The number of halogens is 2. The molecule has 0 saturated heterocycles. The molecule has 0 saturated carbocycles. The molecule has 0 N–H and O–H groups in total. The molecule has 12 rings (SSSR count). The Kier molecular flexibility index (Phi) is 11.6. The maximum Gasteiger partial charge on any atom is 0.147 e. The first-order chi connectivity index (χ1) is 36.0. The Labute approximate surface area is 432 Å². The second-order valence-electron chi connectivity index (χ2n) is 19.9. The van der Waals surface area contributed by atoms with Gasteiger partial charge in [0.1, 0.15) is 11.6 Å². The maximum atomic E-state index is 17.0. The molecule has 0 unspecified atom stereocenters. The van der Waals surface area contributed by atoms with Gasteiger partial charge in [0.15, 0.2) is 0 Å². The van der Waals surface area contributed by atoms with Gasteiger partial charge in [0.2, 0.25) is 0 Å². The Morgan fingerprint density at radius 1 is 0.284 bits per heavy atom. The van der Waals surface area contributed by atoms with Crippen LogP contribution in [0.2, 0.25) is 0 Å². The predicted octanol–water partition coefficient (Wildman–Crippen LogP) is 20.3. The number of anilines is 6. The van der Waals surface area contributed by atoms with Crippen LogP contribution in [0.5, 0.6) is 0 Å². The van der Waals surface area contributed by atoms with Gasteiger partial charge >= 0.3 is 0 Å². The quantitative estimate of drug-likeness (QED) is 0.126. The Morgan fingerprint density at radius 2 is 0.581 bits per heavy atom. The van der Waals surface area contributed by atoms with Crippen molar-refractivity contribution in [3.63, 3.8) is 0 Å². The van der Waals surface area contributed by atoms with Crippen LogP contribution in [0.15, 0.2) is 218 Å². The number of rotatable bonds is 10. The molecule has 4 heteroatoms. The van der Waals surface area contributed by atoms with Crippen molar-refractivity contribution in [2.45, 2.75) is 41.5 Å². The van der Waals surface area contributed by atoms with Crippen molar-refractivity contribution in [3.05, 3.63) is 263 Å². The number of aryl methyl sites for hydroxylation is 6. The first-order valence-corrected chi connectivity index (χ1v) is 25.4. The van der Waals surface area contributed by atoms with Crippen LogP contribution in [0, 0.1) is 53.2 Å². The standard InChI is InChI=1S/C70H54F2N2/c1-43-17-7-11-23-57(43)51-37-52(58-24-12-8-18-44(58)2)40-55(39-51)73(69-47(5)21-15-27-63(69)71)65-35-31-49-30-34-62-66(36-32-50-29-33-61(65)67(49)68(50)62)74(70-48(6)22-16-28-64(70)72)56-41-53(59-25-13-9-19-45(59)3)38-54(42-56)60-26-14-10-20-46(60)4/h7-42H,1-6H3. The van der Waals surface area contributed by atoms with E-state index in [-0.39, 0.29) is 11.6 Å². The molecule has 74 heavy (non-hydrogen) atoms. The van der Waals surface area contributed by atoms with Crippen LogP contribution in [0.1, 0.15) is 33.4 Å². The number of hydrogen-bond acceptors (Lipinski definition) is 2. The van der Waals surface area contributed by atoms with E-state index in [9.17, 15) is 0 Å². The topological polar surface area (TPSA) is 6.48 Å². The minimum atomic E-state index is -0.314. The highest BCUT2D eigenvalue weighted by Gasteiger charge is 2.27. The summed E-state index contributed by atoms with van der Waals surface area (Å²) in [7, 11) is 0. The second-order valence-corrected chi connectivity index (χ2v) is 19.9. The minimum absolute atomic E-state index is 0.314. The lowest BCUT2D eigenvalue weighted by molar-refractivity contribution is 0.627. The maximum absolute atomic E-state index is 17.0. The van der Waals surface area contributed by atoms with Crippen LogP contribution in [0.4, 0.5) is 42.9 Å². The molecule has 0 fully saturated rings. The third-order valence-corrected chi connectivity index (χ3v) is 15.1. The number of hydrogen-bond donors (Lipinski definition) is 0. The molecular weight excluding hydrogens is 907 g/mol. The molecule has 0 radical (unpaired) electrons. The van der Waals surface area contributed by atoms with Gasteiger partial charge in [-0.2, -0.15) is 0 Å². The lowest BCUT2D eigenvalue weighted by Gasteiger charge is -2.31. The Balaban J connectivity index is 1.14. The van der Waals surface area contributed by atoms with Gasteiger partial charge in [-0.25, -0.2) is 8.78 Å². The molecule has 2 nitrogen and oxygen atoms in total. The molecule has 0 aliphatic heterocycles. The number of nitrogens with zero attached hydrogens (tertiary/aromatic N) is 2. The molecule has 0 bridgehead atoms. The van der Waals surface area contributed by atoms with Gasteiger partial charge in [0.05, 0.1) is 22.7 Å². The van der Waals surface area contributed by atoms with Crippen LogP contribution < -0.4 is 9.80 Å². The zero-order valence-corrected chi connectivity index (χ0v) is 42.4. The van der Waals surface area contributed by atoms with E-state index < -0.39 is 0 Å². The zero-order chi connectivity index (χ0) is 50.8. The van der Waals surface area contributed by atoms with Gasteiger partial charge in [0, 0.05) is 22.1 Å². The van der Waals surface area contributed by atoms with E-state index in [1.54, 1.807) is 24.3 Å². The van der Waals surface area contributed by atoms with Gasteiger partial charge in [-0.1, -0.05) is 158 Å². The summed E-state index contributed by atoms with van der Waals surface area (Å²) < 4.78 is 34.0. The van der Waals surface area contributed by atoms with Gasteiger partial charge in [-0.15, -0.1) is 0 Å². The molecule has 12 aromatic carbocycles. The normalized spacial score (nSPS) is 11.5. The fraction of sp³-hybridized carbons (Fsp3) is 0.0857. The highest BCUT2D eigenvalue weighted by atomic mass is 19.1. The van der Waals surface area contributed by atoms with Crippen molar-refractivity contribution in [1.82, 2.24) is 0 Å². The fourth-order valence-electron chi connectivity index (χ4n) is 11.4. The summed E-state index contributed by atoms with van der Waals surface area (Å²) in [5.41, 5.74) is 19.2. The second kappa shape index (κ2) is 18.6. The molecule has 0 atom stereocenters. The van der Waals surface area contributed by atoms with Crippen molar-refractivity contribution in [3.8, 4) is 44.5 Å². The summed E-state index contributed by atoms with van der Waals surface area (Å²) in [5.74, 6) is -0.629. The summed E-state index contributed by atoms with van der Waals surface area (Å²) in [6, 6.07) is 75.1. The van der Waals surface area contributed by atoms with Crippen molar-refractivity contribution in [1.29, 1.82) is 0 Å². The van der Waals surface area contributed by atoms with Crippen molar-refractivity contribution in [2.24, 2.45) is 0 Å². The highest BCUT2D eigenvalue weighted by Crippen LogP contribution is 2.51. The Morgan fingerprint density at radius 3 is 0.892 bits per heavy atom. The van der Waals surface area contributed by atoms with E-state index in [0.717, 1.165) is 133 Å². The average Bonchev–Trinajstić information content (AvgIpc) is 3.40. The SMILES string of the molecule is Cc1ccccc1-c1cc(-c2ccccc2C)cc(N(c2c(C)cccc2F)c2ccc3ccc4c(N(c5cc(-c6ccccc6C)cc(-c6ccccc6C)c5)c5c(C)cccc5F)ccc5ccc2c3c54)c1. The fourth-order valence-corrected chi connectivity index (χ4v) is 11.4. The summed E-state index contributed by atoms with van der Waals surface area (Å²) in [6.07, 6.45) is 0. The van der Waals surface area contributed by atoms with Crippen LogP contribution >= 0.6 is 0 Å². The van der Waals surface area contributed by atoms with Crippen molar-refractivity contribution < 1.29 is 8.78 Å². The number of benzene rings is 12. The molecule has 0 aromatic heterocycles. The molecular formula is C70H54F2N2. The minimum Gasteiger partial charge on any atom is -0.307 e. The van der Waals surface area contributed by atoms with Crippen molar-refractivity contribution in [2.75, 3.05) is 9.80 Å². The molecule has 358 valence electrons. The van der Waals surface area contributed by atoms with Crippen LogP contribution in [0.3, 0.4) is 0 Å². The van der Waals surface area contributed by atoms with Gasteiger partial charge in [-0.3, -0.25) is 0 Å². The lowest BCUT2D eigenvalue weighted by Crippen LogP contribution is -2.15. The molecule has 0 heterocycles. The van der Waals surface area contributed by atoms with Crippen LogP contribution in [-0.2, 0) is 0 Å². The first kappa shape index (κ1) is 46.2. The summed E-state index contributed by atoms with van der Waals surface area (Å²) in [6.45, 7) is 12.5. The van der Waals surface area contributed by atoms with E-state index in [1.165, 1.54) is 0 Å². The largest absolute Gasteiger partial charge is 0.307 e. The molecule has 0 spiro atoms. The van der Waals surface area contributed by atoms with Crippen LogP contribution in [0.25, 0.3) is 76.8 Å². The van der Waals surface area contributed by atoms with E-state index in [4.69, 9.17) is 0 Å². The zero-order valence-electron chi connectivity index (χ0n) is 42.4. The summed E-state index contributed by atoms with van der Waals surface area (Å²) >= 11 is 0. The third-order valence-electron chi connectivity index (χ3n) is 15.1. The van der Waals surface area contributed by atoms with Crippen molar-refractivity contribution >= 4 is 66.4 Å². The monoisotopic (exact) mass is 960 g/mol. The highest BCUT2D eigenvalue weighted by molar-refractivity contribution is 6.28. The lowest BCUT2D eigenvalue weighted by atomic mass is 9.90. The van der Waals surface area contributed by atoms with Gasteiger partial charge in [-0.05, 0) is 202 Å². The molecule has 0 aliphatic rings. The Bertz CT molecular complexity index is 3710. The predicted molar refractivity (Wildman–Crippen MR) is 310 cm³/mol. The summed E-state index contributed by atoms with van der Waals surface area (Å²) in [4.78, 5) is 4.25. The van der Waals surface area contributed by atoms with E-state index in [2.05, 4.69) is 219 Å². The van der Waals surface area contributed by atoms with Crippen LogP contribution in [-0.4, -0.2) is 0 Å². The van der Waals surface area contributed by atoms with E-state index in [0.29, 0.717) is 11.4 Å². The third kappa shape index (κ3) is 7.95. The smallest absolute Gasteiger partial charge is 0.147 e. The molecule has 0 amide bonds. The van der Waals surface area contributed by atoms with Gasteiger partial charge in [0.25, 0.3) is 0 Å². The number of para-hydroxylation sites is 2. The first-order valence-electron chi connectivity index (χ1n) is 25.4. The average molecular weight is 961 g/mol. The Hall–Kier alpha value is -8.86.